The van der Waals surface area contributed by atoms with Crippen LogP contribution < -0.4 is 15.0 Å². The summed E-state index contributed by atoms with van der Waals surface area (Å²) in [7, 11) is 0. The van der Waals surface area contributed by atoms with Gasteiger partial charge in [-0.2, -0.15) is 0 Å². The Kier molecular flexibility index (Phi) is 6.89. The van der Waals surface area contributed by atoms with Crippen LogP contribution in [0, 0.1) is 16.0 Å². The highest BCUT2D eigenvalue weighted by molar-refractivity contribution is 6.06. The molecule has 8 nitrogen and oxygen atoms in total. The first-order valence-corrected chi connectivity index (χ1v) is 10.5. The van der Waals surface area contributed by atoms with Crippen LogP contribution >= 0.6 is 0 Å². The molecule has 0 saturated heterocycles. The second kappa shape index (κ2) is 9.59. The molecule has 31 heavy (non-hydrogen) atoms. The average molecular weight is 425 g/mol. The molecule has 2 aromatic carbocycles. The van der Waals surface area contributed by atoms with Gasteiger partial charge in [-0.25, -0.2) is 0 Å². The number of non-ortho nitro benzene ring substituents is 1. The fourth-order valence-corrected chi connectivity index (χ4v) is 3.45. The van der Waals surface area contributed by atoms with Gasteiger partial charge >= 0.3 is 0 Å². The van der Waals surface area contributed by atoms with E-state index in [1.54, 1.807) is 0 Å². The van der Waals surface area contributed by atoms with Crippen molar-refractivity contribution in [3.8, 4) is 5.75 Å². The van der Waals surface area contributed by atoms with Gasteiger partial charge in [-0.15, -0.1) is 0 Å². The Bertz CT molecular complexity index is 972. The van der Waals surface area contributed by atoms with Crippen LogP contribution in [0.15, 0.2) is 42.5 Å². The zero-order valence-corrected chi connectivity index (χ0v) is 18.0. The summed E-state index contributed by atoms with van der Waals surface area (Å²) in [5.41, 5.74) is 1.88. The van der Waals surface area contributed by atoms with Gasteiger partial charge in [-0.05, 0) is 42.5 Å². The van der Waals surface area contributed by atoms with Crippen LogP contribution in [0.5, 0.6) is 5.75 Å². The van der Waals surface area contributed by atoms with Crippen LogP contribution in [0.1, 0.15) is 39.2 Å². The molecule has 1 aliphatic rings. The number of hydrogen-bond acceptors (Lipinski definition) is 5. The molecule has 1 aliphatic heterocycles. The number of aryl methyl sites for hydroxylation is 1. The molecule has 0 radical (unpaired) electrons. The standard InChI is InChI=1S/C23H27N3O5/c1-4-5-6-16-7-9-17(10-8-16)24-21(27)14-25-19-13-18(26(29)30)11-12-20(19)31-22(15(2)3)23(25)28/h7-13,15,22H,4-6,14H2,1-3H3,(H,24,27). The van der Waals surface area contributed by atoms with Crippen LogP contribution in [0.2, 0.25) is 0 Å². The van der Waals surface area contributed by atoms with Gasteiger partial charge in [0.25, 0.3) is 11.6 Å². The lowest BCUT2D eigenvalue weighted by atomic mass is 10.0. The predicted octanol–water partition coefficient (Wildman–Crippen LogP) is 4.33. The third kappa shape index (κ3) is 5.20. The molecule has 0 saturated carbocycles. The third-order valence-electron chi connectivity index (χ3n) is 5.17. The number of nitro groups is 1. The summed E-state index contributed by atoms with van der Waals surface area (Å²) < 4.78 is 5.77. The van der Waals surface area contributed by atoms with E-state index in [4.69, 9.17) is 4.74 Å². The fraction of sp³-hybridized carbons (Fsp3) is 0.391. The van der Waals surface area contributed by atoms with Gasteiger partial charge in [0.05, 0.1) is 10.6 Å². The van der Waals surface area contributed by atoms with Gasteiger partial charge in [-0.3, -0.25) is 24.6 Å². The van der Waals surface area contributed by atoms with Crippen LogP contribution in [0.3, 0.4) is 0 Å². The number of rotatable bonds is 8. The normalized spacial score (nSPS) is 15.4. The molecule has 8 heteroatoms. The highest BCUT2D eigenvalue weighted by Crippen LogP contribution is 2.38. The number of anilines is 2. The molecule has 164 valence electrons. The maximum atomic E-state index is 13.0. The van der Waals surface area contributed by atoms with E-state index in [1.807, 2.05) is 38.1 Å². The number of nitrogens with zero attached hydrogens (tertiary/aromatic N) is 2. The lowest BCUT2D eigenvalue weighted by Crippen LogP contribution is -2.50. The molecular formula is C23H27N3O5. The number of unbranched alkanes of at least 4 members (excludes halogenated alkanes) is 1. The largest absolute Gasteiger partial charge is 0.478 e. The zero-order chi connectivity index (χ0) is 22.5. The van der Waals surface area contributed by atoms with E-state index in [0.717, 1.165) is 19.3 Å². The van der Waals surface area contributed by atoms with Crippen LogP contribution in [0.4, 0.5) is 17.1 Å². The molecule has 0 aromatic heterocycles. The van der Waals surface area contributed by atoms with Crippen molar-refractivity contribution in [3.05, 3.63) is 58.1 Å². The van der Waals surface area contributed by atoms with E-state index in [9.17, 15) is 19.7 Å². The van der Waals surface area contributed by atoms with Crippen LogP contribution in [-0.4, -0.2) is 29.4 Å². The van der Waals surface area contributed by atoms with Crippen LogP contribution in [0.25, 0.3) is 0 Å². The topological polar surface area (TPSA) is 102 Å². The van der Waals surface area contributed by atoms with Crippen molar-refractivity contribution >= 4 is 28.9 Å². The van der Waals surface area contributed by atoms with Gasteiger partial charge < -0.3 is 10.1 Å². The number of nitro benzene ring substituents is 1. The Morgan fingerprint density at radius 3 is 2.55 bits per heavy atom. The van der Waals surface area contributed by atoms with E-state index in [-0.39, 0.29) is 23.8 Å². The van der Waals surface area contributed by atoms with Gasteiger partial charge in [0.2, 0.25) is 5.91 Å². The van der Waals surface area contributed by atoms with E-state index < -0.39 is 22.8 Å². The van der Waals surface area contributed by atoms with E-state index in [0.29, 0.717) is 11.4 Å². The Morgan fingerprint density at radius 1 is 1.23 bits per heavy atom. The lowest BCUT2D eigenvalue weighted by molar-refractivity contribution is -0.384. The quantitative estimate of drug-likeness (QED) is 0.501. The van der Waals surface area contributed by atoms with E-state index >= 15 is 0 Å². The minimum atomic E-state index is -0.764. The summed E-state index contributed by atoms with van der Waals surface area (Å²) >= 11 is 0. The van der Waals surface area contributed by atoms with Crippen molar-refractivity contribution in [1.82, 2.24) is 0 Å². The monoisotopic (exact) mass is 425 g/mol. The van der Waals surface area contributed by atoms with E-state index in [1.165, 1.54) is 28.7 Å². The van der Waals surface area contributed by atoms with Crippen LogP contribution in [-0.2, 0) is 16.0 Å². The highest BCUT2D eigenvalue weighted by atomic mass is 16.6. The zero-order valence-electron chi connectivity index (χ0n) is 18.0. The first-order chi connectivity index (χ1) is 14.8. The molecule has 2 amide bonds. The Hall–Kier alpha value is -3.42. The summed E-state index contributed by atoms with van der Waals surface area (Å²) in [5.74, 6) is -0.571. The molecule has 2 aromatic rings. The average Bonchev–Trinajstić information content (AvgIpc) is 2.74. The predicted molar refractivity (Wildman–Crippen MR) is 118 cm³/mol. The van der Waals surface area contributed by atoms with Gasteiger partial charge in [0, 0.05) is 17.8 Å². The minimum absolute atomic E-state index is 0.128. The molecule has 0 spiro atoms. The van der Waals surface area contributed by atoms with E-state index in [2.05, 4.69) is 12.2 Å². The molecule has 0 bridgehead atoms. The van der Waals surface area contributed by atoms with Gasteiger partial charge in [-0.1, -0.05) is 39.3 Å². The first kappa shape index (κ1) is 22.3. The maximum Gasteiger partial charge on any atom is 0.271 e. The number of benzene rings is 2. The second-order valence-corrected chi connectivity index (χ2v) is 7.96. The summed E-state index contributed by atoms with van der Waals surface area (Å²) in [4.78, 5) is 37.6. The van der Waals surface area contributed by atoms with Crippen molar-refractivity contribution in [1.29, 1.82) is 0 Å². The third-order valence-corrected chi connectivity index (χ3v) is 5.17. The maximum absolute atomic E-state index is 13.0. The lowest BCUT2D eigenvalue weighted by Gasteiger charge is -2.35. The summed E-state index contributed by atoms with van der Waals surface area (Å²) in [6.07, 6.45) is 2.44. The first-order valence-electron chi connectivity index (χ1n) is 10.5. The summed E-state index contributed by atoms with van der Waals surface area (Å²) in [6, 6.07) is 11.7. The number of hydrogen-bond donors (Lipinski definition) is 1. The molecule has 1 N–H and O–H groups in total. The van der Waals surface area contributed by atoms with Crippen molar-refractivity contribution in [2.45, 2.75) is 46.1 Å². The summed E-state index contributed by atoms with van der Waals surface area (Å²) in [5, 5.41) is 14.0. The Labute approximate surface area is 181 Å². The molecule has 1 heterocycles. The molecule has 3 rings (SSSR count). The Morgan fingerprint density at radius 2 is 1.94 bits per heavy atom. The Balaban J connectivity index is 1.79. The second-order valence-electron chi connectivity index (χ2n) is 7.96. The number of amides is 2. The molecular weight excluding hydrogens is 398 g/mol. The van der Waals surface area contributed by atoms with Crippen molar-refractivity contribution < 1.29 is 19.2 Å². The molecule has 0 aliphatic carbocycles. The van der Waals surface area contributed by atoms with Gasteiger partial charge in [0.1, 0.15) is 12.3 Å². The number of fused-ring (bicyclic) bond motifs is 1. The molecule has 0 fully saturated rings. The summed E-state index contributed by atoms with van der Waals surface area (Å²) in [6.45, 7) is 5.56. The smallest absolute Gasteiger partial charge is 0.271 e. The van der Waals surface area contributed by atoms with Gasteiger partial charge in [0.15, 0.2) is 6.10 Å². The van der Waals surface area contributed by atoms with Crippen molar-refractivity contribution in [2.75, 3.05) is 16.8 Å². The number of nitrogens with one attached hydrogen (secondary N) is 1. The minimum Gasteiger partial charge on any atom is -0.478 e. The number of ether oxygens (including phenoxy) is 1. The highest BCUT2D eigenvalue weighted by Gasteiger charge is 2.38. The SMILES string of the molecule is CCCCc1ccc(NC(=O)CN2C(=O)C(C(C)C)Oc3ccc([N+](=O)[O-])cc32)cc1. The molecule has 1 unspecified atom stereocenters. The fourth-order valence-electron chi connectivity index (χ4n) is 3.45. The number of carbonyl (C=O) groups is 2. The number of carbonyl (C=O) groups excluding carboxylic acids is 2. The van der Waals surface area contributed by atoms with Crippen molar-refractivity contribution in [3.63, 3.8) is 0 Å². The molecule has 1 atom stereocenters. The van der Waals surface area contributed by atoms with Crippen molar-refractivity contribution in [2.24, 2.45) is 5.92 Å².